The van der Waals surface area contributed by atoms with Crippen LogP contribution in [0.4, 0.5) is 0 Å². The monoisotopic (exact) mass is 784 g/mol. The SMILES string of the molecule is CC(C)c1cc(-c2ccc([Si](C)(C)C)cc2)cc(C(C)C)c1-n1c(-c2cccc3c2oc2cc4c(cc23)Oc2cccc3c2B4c2ccccc2O3)nc2ccccc21. The second kappa shape index (κ2) is 13.1. The summed E-state index contributed by atoms with van der Waals surface area (Å²) in [5.74, 6) is 4.74. The number of hydrogen-bond donors (Lipinski definition) is 0. The van der Waals surface area contributed by atoms with E-state index >= 15 is 0 Å². The topological polar surface area (TPSA) is 49.4 Å². The van der Waals surface area contributed by atoms with E-state index in [9.17, 15) is 0 Å². The third-order valence-electron chi connectivity index (χ3n) is 12.4. The Morgan fingerprint density at radius 2 is 1.25 bits per heavy atom. The Balaban J connectivity index is 1.13. The molecular weight excluding hydrogens is 739 g/mol. The van der Waals surface area contributed by atoms with E-state index < -0.39 is 8.07 Å². The molecule has 9 aromatic rings. The number of aromatic nitrogens is 2. The summed E-state index contributed by atoms with van der Waals surface area (Å²) >= 11 is 0. The first-order valence-electron chi connectivity index (χ1n) is 20.9. The highest BCUT2D eigenvalue weighted by molar-refractivity contribution is 6.98. The highest BCUT2D eigenvalue weighted by Gasteiger charge is 2.40. The average Bonchev–Trinajstić information content (AvgIpc) is 3.80. The van der Waals surface area contributed by atoms with E-state index in [2.05, 4.69) is 155 Å². The number of nitrogens with zero attached hydrogens (tertiary/aromatic N) is 2. The Morgan fingerprint density at radius 1 is 0.593 bits per heavy atom. The standard InChI is InChI=1S/C52H45BN2O3Si/c1-30(2)37-26-33(32-22-24-34(25-23-32)59(5,6)7)27-38(31(3)4)50(37)55-43-18-10-9-17-42(43)54-52(55)36-15-12-14-35-39-28-48-41(29-47(39)58-51(35)36)53-40-16-8-11-19-44(40)56-45-20-13-21-46(57-48)49(45)53/h8-31H,1-7H3. The molecule has 5 nitrogen and oxygen atoms in total. The van der Waals surface area contributed by atoms with Gasteiger partial charge < -0.3 is 13.9 Å². The predicted molar refractivity (Wildman–Crippen MR) is 248 cm³/mol. The van der Waals surface area contributed by atoms with Crippen LogP contribution in [-0.2, 0) is 0 Å². The molecule has 0 saturated heterocycles. The molecule has 2 aliphatic heterocycles. The molecule has 0 saturated carbocycles. The quantitative estimate of drug-likeness (QED) is 0.158. The van der Waals surface area contributed by atoms with Gasteiger partial charge in [-0.25, -0.2) is 4.98 Å². The Bertz CT molecular complexity index is 3140. The van der Waals surface area contributed by atoms with Crippen molar-refractivity contribution < 1.29 is 13.9 Å². The zero-order valence-corrected chi connectivity index (χ0v) is 35.6. The van der Waals surface area contributed by atoms with Crippen molar-refractivity contribution in [3.05, 3.63) is 145 Å². The van der Waals surface area contributed by atoms with Crippen LogP contribution in [0.5, 0.6) is 23.0 Å². The number of hydrogen-bond acceptors (Lipinski definition) is 4. The van der Waals surface area contributed by atoms with E-state index in [0.717, 1.165) is 83.7 Å². The summed E-state index contributed by atoms with van der Waals surface area (Å²) in [7, 11) is -1.42. The van der Waals surface area contributed by atoms with Gasteiger partial charge in [-0.05, 0) is 106 Å². The van der Waals surface area contributed by atoms with E-state index in [1.54, 1.807) is 0 Å². The molecule has 7 aromatic carbocycles. The zero-order chi connectivity index (χ0) is 40.3. The van der Waals surface area contributed by atoms with Gasteiger partial charge in [-0.1, -0.05) is 125 Å². The molecule has 0 N–H and O–H groups in total. The third kappa shape index (κ3) is 5.55. The lowest BCUT2D eigenvalue weighted by Crippen LogP contribution is -2.57. The molecule has 0 fully saturated rings. The van der Waals surface area contributed by atoms with Crippen LogP contribution in [0.3, 0.4) is 0 Å². The van der Waals surface area contributed by atoms with Crippen LogP contribution in [0.2, 0.25) is 19.6 Å². The lowest BCUT2D eigenvalue weighted by atomic mass is 9.35. The van der Waals surface area contributed by atoms with E-state index in [-0.39, 0.29) is 18.5 Å². The van der Waals surface area contributed by atoms with Crippen molar-refractivity contribution in [2.24, 2.45) is 0 Å². The molecule has 0 amide bonds. The van der Waals surface area contributed by atoms with Crippen LogP contribution in [0.1, 0.15) is 50.7 Å². The fourth-order valence-corrected chi connectivity index (χ4v) is 10.6. The molecule has 0 atom stereocenters. The van der Waals surface area contributed by atoms with Gasteiger partial charge in [-0.15, -0.1) is 0 Å². The number of rotatable bonds is 6. The summed E-state index contributed by atoms with van der Waals surface area (Å²) in [5.41, 5.74) is 14.1. The van der Waals surface area contributed by atoms with Crippen molar-refractivity contribution in [3.63, 3.8) is 0 Å². The Kier molecular flexibility index (Phi) is 7.95. The second-order valence-electron chi connectivity index (χ2n) is 17.9. The van der Waals surface area contributed by atoms with E-state index in [1.807, 2.05) is 30.3 Å². The van der Waals surface area contributed by atoms with Gasteiger partial charge in [0, 0.05) is 16.2 Å². The van der Waals surface area contributed by atoms with Crippen LogP contribution in [0, 0.1) is 0 Å². The van der Waals surface area contributed by atoms with E-state index in [0.29, 0.717) is 0 Å². The summed E-state index contributed by atoms with van der Waals surface area (Å²) in [6.45, 7) is 16.4. The highest BCUT2D eigenvalue weighted by atomic mass is 28.3. The van der Waals surface area contributed by atoms with Crippen molar-refractivity contribution in [2.75, 3.05) is 0 Å². The summed E-state index contributed by atoms with van der Waals surface area (Å²) in [6.07, 6.45) is 0. The van der Waals surface area contributed by atoms with Crippen LogP contribution < -0.4 is 31.0 Å². The molecule has 2 aliphatic rings. The first kappa shape index (κ1) is 35.8. The summed E-state index contributed by atoms with van der Waals surface area (Å²) < 4.78 is 22.5. The molecule has 0 unspecified atom stereocenters. The van der Waals surface area contributed by atoms with Crippen molar-refractivity contribution in [1.29, 1.82) is 0 Å². The molecule has 0 spiro atoms. The predicted octanol–water partition coefficient (Wildman–Crippen LogP) is 11.8. The molecule has 0 bridgehead atoms. The van der Waals surface area contributed by atoms with E-state index in [1.165, 1.54) is 33.1 Å². The van der Waals surface area contributed by atoms with Crippen molar-refractivity contribution in [3.8, 4) is 51.2 Å². The largest absolute Gasteiger partial charge is 0.458 e. The fourth-order valence-electron chi connectivity index (χ4n) is 9.42. The molecule has 0 radical (unpaired) electrons. The highest BCUT2D eigenvalue weighted by Crippen LogP contribution is 2.44. The second-order valence-corrected chi connectivity index (χ2v) is 23.0. The summed E-state index contributed by atoms with van der Waals surface area (Å²) in [5, 5.41) is 3.51. The fraction of sp³-hybridized carbons (Fsp3) is 0.173. The molecule has 11 rings (SSSR count). The van der Waals surface area contributed by atoms with Crippen molar-refractivity contribution in [2.45, 2.75) is 59.2 Å². The van der Waals surface area contributed by atoms with Gasteiger partial charge >= 0.3 is 0 Å². The minimum Gasteiger partial charge on any atom is -0.458 e. The Morgan fingerprint density at radius 3 is 1.98 bits per heavy atom. The molecule has 59 heavy (non-hydrogen) atoms. The Hall–Kier alpha value is -6.31. The Labute approximate surface area is 346 Å². The van der Waals surface area contributed by atoms with Crippen LogP contribution >= 0.6 is 0 Å². The molecule has 4 heterocycles. The summed E-state index contributed by atoms with van der Waals surface area (Å²) in [6, 6.07) is 47.9. The van der Waals surface area contributed by atoms with Gasteiger partial charge in [0.1, 0.15) is 40.0 Å². The van der Waals surface area contributed by atoms with Crippen molar-refractivity contribution >= 4 is 69.3 Å². The smallest absolute Gasteiger partial charge is 0.260 e. The number of fused-ring (bicyclic) bond motifs is 8. The van der Waals surface area contributed by atoms with Gasteiger partial charge in [0.15, 0.2) is 0 Å². The molecule has 0 aliphatic carbocycles. The number of para-hydroxylation sites is 4. The number of ether oxygens (including phenoxy) is 2. The molecule has 7 heteroatoms. The number of furan rings is 1. The van der Waals surface area contributed by atoms with Gasteiger partial charge in [0.05, 0.1) is 30.4 Å². The number of imidazole rings is 1. The third-order valence-corrected chi connectivity index (χ3v) is 14.5. The zero-order valence-electron chi connectivity index (χ0n) is 34.6. The van der Waals surface area contributed by atoms with Crippen LogP contribution in [0.25, 0.3) is 61.2 Å². The maximum absolute atomic E-state index is 7.04. The number of benzene rings is 7. The van der Waals surface area contributed by atoms with Gasteiger partial charge in [-0.2, -0.15) is 0 Å². The maximum Gasteiger partial charge on any atom is 0.260 e. The van der Waals surface area contributed by atoms with Crippen LogP contribution in [-0.4, -0.2) is 24.3 Å². The maximum atomic E-state index is 7.04. The molecule has 288 valence electrons. The van der Waals surface area contributed by atoms with Gasteiger partial charge in [0.25, 0.3) is 6.71 Å². The lowest BCUT2D eigenvalue weighted by Gasteiger charge is -2.32. The van der Waals surface area contributed by atoms with E-state index in [4.69, 9.17) is 18.9 Å². The molecule has 2 aromatic heterocycles. The summed E-state index contributed by atoms with van der Waals surface area (Å²) in [4.78, 5) is 5.43. The minimum absolute atomic E-state index is 0.0404. The average molecular weight is 785 g/mol. The lowest BCUT2D eigenvalue weighted by molar-refractivity contribution is 0.465. The van der Waals surface area contributed by atoms with Gasteiger partial charge in [-0.3, -0.25) is 4.57 Å². The normalized spacial score (nSPS) is 13.2. The first-order chi connectivity index (χ1) is 28.5. The first-order valence-corrected chi connectivity index (χ1v) is 24.4. The van der Waals surface area contributed by atoms with Crippen LogP contribution in [0.15, 0.2) is 138 Å². The van der Waals surface area contributed by atoms with Gasteiger partial charge in [0.2, 0.25) is 0 Å². The molecular formula is C52H45BN2O3Si. The van der Waals surface area contributed by atoms with Crippen molar-refractivity contribution in [1.82, 2.24) is 9.55 Å². The minimum atomic E-state index is -1.42.